The quantitative estimate of drug-likeness (QED) is 0.849. The van der Waals surface area contributed by atoms with Crippen LogP contribution in [-0.2, 0) is 0 Å². The van der Waals surface area contributed by atoms with Crippen molar-refractivity contribution in [3.63, 3.8) is 0 Å². The minimum absolute atomic E-state index is 0.312. The monoisotopic (exact) mass is 339 g/mol. The first-order chi connectivity index (χ1) is 11.4. The topological polar surface area (TPSA) is 47.6 Å². The van der Waals surface area contributed by atoms with E-state index in [-0.39, 0.29) is 11.8 Å². The standard InChI is InChI=1S/C17H16F3NO3/c1-2-15(21-16(22)23-13-6-4-3-5-7-13)12-8-10-14(11-9-12)24-17(18,19)20/h3-11,15H,2H2,1H3,(H,21,22)/t15-/m1/s1. The van der Waals surface area contributed by atoms with Gasteiger partial charge < -0.3 is 14.8 Å². The Labute approximate surface area is 137 Å². The summed E-state index contributed by atoms with van der Waals surface area (Å²) in [5.74, 6) is 0.0896. The van der Waals surface area contributed by atoms with E-state index in [1.807, 2.05) is 6.92 Å². The number of para-hydroxylation sites is 1. The third kappa shape index (κ3) is 5.49. The predicted molar refractivity (Wildman–Crippen MR) is 81.8 cm³/mol. The summed E-state index contributed by atoms with van der Waals surface area (Å²) in [4.78, 5) is 11.9. The zero-order valence-electron chi connectivity index (χ0n) is 12.8. The van der Waals surface area contributed by atoms with Gasteiger partial charge in [0.05, 0.1) is 6.04 Å². The lowest BCUT2D eigenvalue weighted by Crippen LogP contribution is -2.30. The van der Waals surface area contributed by atoms with E-state index in [4.69, 9.17) is 4.74 Å². The van der Waals surface area contributed by atoms with Crippen molar-refractivity contribution >= 4 is 6.09 Å². The van der Waals surface area contributed by atoms with Gasteiger partial charge in [-0.3, -0.25) is 0 Å². The van der Waals surface area contributed by atoms with Crippen molar-refractivity contribution in [1.82, 2.24) is 5.32 Å². The lowest BCUT2D eigenvalue weighted by atomic mass is 10.0. The van der Waals surface area contributed by atoms with Crippen LogP contribution in [0.2, 0.25) is 0 Å². The Morgan fingerprint density at radius 1 is 1.04 bits per heavy atom. The number of nitrogens with one attached hydrogen (secondary N) is 1. The fraction of sp³-hybridized carbons (Fsp3) is 0.235. The Balaban J connectivity index is 1.99. The Bertz CT molecular complexity index is 657. The molecule has 0 aliphatic heterocycles. The van der Waals surface area contributed by atoms with Gasteiger partial charge in [-0.1, -0.05) is 37.3 Å². The maximum atomic E-state index is 12.1. The van der Waals surface area contributed by atoms with Gasteiger partial charge in [-0.25, -0.2) is 4.79 Å². The molecule has 7 heteroatoms. The molecular weight excluding hydrogens is 323 g/mol. The van der Waals surface area contributed by atoms with Gasteiger partial charge in [-0.05, 0) is 36.2 Å². The summed E-state index contributed by atoms with van der Waals surface area (Å²) in [6.45, 7) is 1.84. The maximum Gasteiger partial charge on any atom is 0.573 e. The van der Waals surface area contributed by atoms with E-state index in [1.165, 1.54) is 24.3 Å². The van der Waals surface area contributed by atoms with E-state index in [0.717, 1.165) is 0 Å². The summed E-state index contributed by atoms with van der Waals surface area (Å²) >= 11 is 0. The van der Waals surface area contributed by atoms with E-state index in [9.17, 15) is 18.0 Å². The number of carbonyl (C=O) groups excluding carboxylic acids is 1. The zero-order chi connectivity index (χ0) is 17.6. The maximum absolute atomic E-state index is 12.1. The third-order valence-electron chi connectivity index (χ3n) is 3.17. The van der Waals surface area contributed by atoms with Crippen LogP contribution in [0.3, 0.4) is 0 Å². The minimum atomic E-state index is -4.73. The second-order valence-electron chi connectivity index (χ2n) is 4.92. The molecule has 4 nitrogen and oxygen atoms in total. The highest BCUT2D eigenvalue weighted by Crippen LogP contribution is 2.25. The van der Waals surface area contributed by atoms with E-state index in [0.29, 0.717) is 17.7 Å². The molecule has 0 saturated carbocycles. The van der Waals surface area contributed by atoms with Crippen LogP contribution in [0.15, 0.2) is 54.6 Å². The normalized spacial score (nSPS) is 12.3. The number of amides is 1. The van der Waals surface area contributed by atoms with Crippen LogP contribution in [0, 0.1) is 0 Å². The molecule has 128 valence electrons. The summed E-state index contributed by atoms with van der Waals surface area (Å²) in [7, 11) is 0. The third-order valence-corrected chi connectivity index (χ3v) is 3.17. The molecule has 1 atom stereocenters. The SMILES string of the molecule is CC[C@@H](NC(=O)Oc1ccccc1)c1ccc(OC(F)(F)F)cc1. The Morgan fingerprint density at radius 2 is 1.67 bits per heavy atom. The fourth-order valence-electron chi connectivity index (χ4n) is 2.09. The molecule has 0 aliphatic rings. The van der Waals surface area contributed by atoms with Crippen molar-refractivity contribution in [1.29, 1.82) is 0 Å². The lowest BCUT2D eigenvalue weighted by molar-refractivity contribution is -0.274. The first-order valence-electron chi connectivity index (χ1n) is 7.26. The average molecular weight is 339 g/mol. The molecule has 2 aromatic rings. The number of hydrogen-bond donors (Lipinski definition) is 1. The number of alkyl halides is 3. The van der Waals surface area contributed by atoms with Gasteiger partial charge in [0.1, 0.15) is 11.5 Å². The first kappa shape index (κ1) is 17.7. The molecule has 1 N–H and O–H groups in total. The Hall–Kier alpha value is -2.70. The summed E-state index contributed by atoms with van der Waals surface area (Å²) in [5.41, 5.74) is 0.650. The molecule has 0 heterocycles. The van der Waals surface area contributed by atoms with Crippen molar-refractivity contribution in [3.8, 4) is 11.5 Å². The summed E-state index contributed by atoms with van der Waals surface area (Å²) in [5, 5.41) is 2.67. The molecule has 0 spiro atoms. The van der Waals surface area contributed by atoms with Gasteiger partial charge in [0.25, 0.3) is 0 Å². The highest BCUT2D eigenvalue weighted by Gasteiger charge is 2.31. The summed E-state index contributed by atoms with van der Waals surface area (Å²) in [6.07, 6.45) is -4.82. The molecule has 0 bridgehead atoms. The molecule has 2 aromatic carbocycles. The van der Waals surface area contributed by atoms with Crippen LogP contribution >= 0.6 is 0 Å². The molecule has 0 aliphatic carbocycles. The van der Waals surface area contributed by atoms with E-state index in [2.05, 4.69) is 10.1 Å². The van der Waals surface area contributed by atoms with Gasteiger partial charge in [-0.2, -0.15) is 0 Å². The van der Waals surface area contributed by atoms with Crippen molar-refractivity contribution in [2.24, 2.45) is 0 Å². The minimum Gasteiger partial charge on any atom is -0.410 e. The Morgan fingerprint density at radius 3 is 2.21 bits per heavy atom. The summed E-state index contributed by atoms with van der Waals surface area (Å²) in [6, 6.07) is 13.5. The van der Waals surface area contributed by atoms with E-state index in [1.54, 1.807) is 30.3 Å². The highest BCUT2D eigenvalue weighted by molar-refractivity contribution is 5.70. The second kappa shape index (κ2) is 7.72. The van der Waals surface area contributed by atoms with Crippen LogP contribution in [0.4, 0.5) is 18.0 Å². The fourth-order valence-corrected chi connectivity index (χ4v) is 2.09. The first-order valence-corrected chi connectivity index (χ1v) is 7.26. The number of hydrogen-bond acceptors (Lipinski definition) is 3. The van der Waals surface area contributed by atoms with Crippen molar-refractivity contribution in [3.05, 3.63) is 60.2 Å². The van der Waals surface area contributed by atoms with Gasteiger partial charge >= 0.3 is 12.5 Å². The second-order valence-corrected chi connectivity index (χ2v) is 4.92. The van der Waals surface area contributed by atoms with Crippen LogP contribution < -0.4 is 14.8 Å². The van der Waals surface area contributed by atoms with Crippen molar-refractivity contribution in [2.45, 2.75) is 25.7 Å². The summed E-state index contributed by atoms with van der Waals surface area (Å²) < 4.78 is 45.4. The molecule has 0 saturated heterocycles. The predicted octanol–water partition coefficient (Wildman–Crippen LogP) is 4.82. The molecule has 2 rings (SSSR count). The zero-order valence-corrected chi connectivity index (χ0v) is 12.8. The molecule has 0 aromatic heterocycles. The van der Waals surface area contributed by atoms with Gasteiger partial charge in [0.2, 0.25) is 0 Å². The smallest absolute Gasteiger partial charge is 0.410 e. The molecule has 1 amide bonds. The van der Waals surface area contributed by atoms with E-state index < -0.39 is 12.5 Å². The highest BCUT2D eigenvalue weighted by atomic mass is 19.4. The Kier molecular flexibility index (Phi) is 5.68. The van der Waals surface area contributed by atoms with Crippen LogP contribution in [-0.4, -0.2) is 12.5 Å². The molecule has 0 unspecified atom stereocenters. The van der Waals surface area contributed by atoms with Crippen LogP contribution in [0.25, 0.3) is 0 Å². The molecule has 0 fully saturated rings. The molecule has 24 heavy (non-hydrogen) atoms. The van der Waals surface area contributed by atoms with Gasteiger partial charge in [-0.15, -0.1) is 13.2 Å². The van der Waals surface area contributed by atoms with Gasteiger partial charge in [0.15, 0.2) is 0 Å². The van der Waals surface area contributed by atoms with Crippen molar-refractivity contribution < 1.29 is 27.4 Å². The number of halogens is 3. The van der Waals surface area contributed by atoms with Crippen LogP contribution in [0.5, 0.6) is 11.5 Å². The average Bonchev–Trinajstić information content (AvgIpc) is 2.53. The number of ether oxygens (including phenoxy) is 2. The van der Waals surface area contributed by atoms with E-state index >= 15 is 0 Å². The number of benzene rings is 2. The molecule has 0 radical (unpaired) electrons. The number of carbonyl (C=O) groups is 1. The van der Waals surface area contributed by atoms with Crippen LogP contribution in [0.1, 0.15) is 24.9 Å². The number of rotatable bonds is 5. The lowest BCUT2D eigenvalue weighted by Gasteiger charge is -2.18. The van der Waals surface area contributed by atoms with Gasteiger partial charge in [0, 0.05) is 0 Å². The molecular formula is C17H16F3NO3. The largest absolute Gasteiger partial charge is 0.573 e. The van der Waals surface area contributed by atoms with Crippen molar-refractivity contribution in [2.75, 3.05) is 0 Å².